The van der Waals surface area contributed by atoms with E-state index < -0.39 is 21.7 Å². The molecule has 0 aliphatic heterocycles. The molecule has 0 saturated heterocycles. The van der Waals surface area contributed by atoms with Gasteiger partial charge in [-0.2, -0.15) is 0 Å². The number of nitro benzene ring substituents is 1. The van der Waals surface area contributed by atoms with Crippen LogP contribution in [0.4, 0.5) is 5.69 Å². The minimum absolute atomic E-state index is 0.0257. The second kappa shape index (κ2) is 7.63. The first-order valence-electron chi connectivity index (χ1n) is 5.85. The molecule has 19 heavy (non-hydrogen) atoms. The second-order valence-corrected chi connectivity index (χ2v) is 5.58. The van der Waals surface area contributed by atoms with Gasteiger partial charge in [0.25, 0.3) is 5.69 Å². The fraction of sp³-hybridized carbons (Fsp3) is 0.417. The number of nitro groups is 1. The summed E-state index contributed by atoms with van der Waals surface area (Å²) >= 11 is 0. The van der Waals surface area contributed by atoms with Crippen molar-refractivity contribution in [2.24, 2.45) is 0 Å². The highest BCUT2D eigenvalue weighted by Gasteiger charge is 2.08. The third-order valence-corrected chi connectivity index (χ3v) is 3.99. The first-order valence-corrected chi connectivity index (χ1v) is 7.17. The summed E-state index contributed by atoms with van der Waals surface area (Å²) in [7, 11) is -1.19. The zero-order valence-electron chi connectivity index (χ0n) is 10.3. The van der Waals surface area contributed by atoms with Crippen molar-refractivity contribution in [3.8, 4) is 0 Å². The van der Waals surface area contributed by atoms with Gasteiger partial charge in [-0.15, -0.1) is 0 Å². The van der Waals surface area contributed by atoms with Crippen LogP contribution in [0.2, 0.25) is 0 Å². The fourth-order valence-electron chi connectivity index (χ4n) is 1.52. The maximum Gasteiger partial charge on any atom is 0.303 e. The lowest BCUT2D eigenvalue weighted by Crippen LogP contribution is -2.00. The van der Waals surface area contributed by atoms with Crippen LogP contribution >= 0.6 is 0 Å². The summed E-state index contributed by atoms with van der Waals surface area (Å²) in [5.41, 5.74) is -0.0257. The van der Waals surface area contributed by atoms with Gasteiger partial charge in [0.15, 0.2) is 0 Å². The average Bonchev–Trinajstić information content (AvgIpc) is 2.37. The molecule has 1 atom stereocenters. The van der Waals surface area contributed by atoms with E-state index in [-0.39, 0.29) is 12.1 Å². The average molecular weight is 285 g/mol. The van der Waals surface area contributed by atoms with Crippen molar-refractivity contribution in [3.05, 3.63) is 34.4 Å². The van der Waals surface area contributed by atoms with Crippen molar-refractivity contribution < 1.29 is 19.0 Å². The van der Waals surface area contributed by atoms with Gasteiger partial charge >= 0.3 is 5.97 Å². The molecule has 0 saturated carbocycles. The molecule has 0 amide bonds. The first kappa shape index (κ1) is 15.3. The van der Waals surface area contributed by atoms with Gasteiger partial charge in [0.05, 0.1) is 15.7 Å². The second-order valence-electron chi connectivity index (χ2n) is 4.01. The van der Waals surface area contributed by atoms with Gasteiger partial charge in [-0.3, -0.25) is 19.1 Å². The molecule has 1 aromatic rings. The number of carboxylic acid groups (broad SMARTS) is 1. The maximum atomic E-state index is 11.8. The van der Waals surface area contributed by atoms with E-state index in [4.69, 9.17) is 5.11 Å². The van der Waals surface area contributed by atoms with Crippen molar-refractivity contribution in [1.82, 2.24) is 0 Å². The molecule has 0 aromatic heterocycles. The highest BCUT2D eigenvalue weighted by molar-refractivity contribution is 7.85. The van der Waals surface area contributed by atoms with E-state index >= 15 is 0 Å². The van der Waals surface area contributed by atoms with E-state index in [1.165, 1.54) is 24.3 Å². The molecule has 1 aromatic carbocycles. The number of non-ortho nitro benzene ring substituents is 1. The Bertz CT molecular complexity index is 472. The van der Waals surface area contributed by atoms with Gasteiger partial charge in [0.2, 0.25) is 0 Å². The molecular formula is C12H15NO5S. The molecule has 0 aliphatic carbocycles. The van der Waals surface area contributed by atoms with Gasteiger partial charge < -0.3 is 5.11 Å². The fourth-order valence-corrected chi connectivity index (χ4v) is 2.67. The topological polar surface area (TPSA) is 97.5 Å². The Labute approximate surface area is 113 Å². The molecule has 0 aliphatic rings. The molecule has 0 bridgehead atoms. The van der Waals surface area contributed by atoms with Crippen LogP contribution in [0.15, 0.2) is 29.2 Å². The third-order valence-electron chi connectivity index (χ3n) is 2.53. The summed E-state index contributed by atoms with van der Waals surface area (Å²) in [5, 5.41) is 18.9. The smallest absolute Gasteiger partial charge is 0.303 e. The quantitative estimate of drug-likeness (QED) is 0.449. The van der Waals surface area contributed by atoms with Crippen molar-refractivity contribution in [2.45, 2.75) is 30.6 Å². The lowest BCUT2D eigenvalue weighted by molar-refractivity contribution is -0.384. The van der Waals surface area contributed by atoms with Crippen LogP contribution in [0, 0.1) is 10.1 Å². The third kappa shape index (κ3) is 5.60. The van der Waals surface area contributed by atoms with Gasteiger partial charge in [-0.1, -0.05) is 6.42 Å². The number of aliphatic carboxylic acids is 1. The van der Waals surface area contributed by atoms with Gasteiger partial charge in [-0.05, 0) is 25.0 Å². The molecule has 1 rings (SSSR count). The van der Waals surface area contributed by atoms with Crippen LogP contribution in [0.25, 0.3) is 0 Å². The van der Waals surface area contributed by atoms with E-state index in [9.17, 15) is 19.1 Å². The molecule has 0 radical (unpaired) electrons. The Balaban J connectivity index is 2.37. The Hall–Kier alpha value is -1.76. The Morgan fingerprint density at radius 3 is 2.37 bits per heavy atom. The molecule has 6 nitrogen and oxygen atoms in total. The number of nitrogens with zero attached hydrogens (tertiary/aromatic N) is 1. The Kier molecular flexibility index (Phi) is 6.14. The maximum absolute atomic E-state index is 11.8. The molecule has 1 unspecified atom stereocenters. The van der Waals surface area contributed by atoms with Crippen LogP contribution < -0.4 is 0 Å². The molecule has 7 heteroatoms. The molecule has 0 heterocycles. The monoisotopic (exact) mass is 285 g/mol. The standard InChI is InChI=1S/C12H15NO5S/c14-12(15)4-2-1-3-9-19(18)11-7-5-10(6-8-11)13(16)17/h5-8H,1-4,9H2,(H,14,15). The predicted octanol–water partition coefficient (Wildman–Crippen LogP) is 2.35. The SMILES string of the molecule is O=C(O)CCCCCS(=O)c1ccc([N+](=O)[O-])cc1. The number of carbonyl (C=O) groups is 1. The van der Waals surface area contributed by atoms with E-state index in [1.807, 2.05) is 0 Å². The summed E-state index contributed by atoms with van der Waals surface area (Å²) in [6, 6.07) is 5.65. The number of unbranched alkanes of at least 4 members (excludes halogenated alkanes) is 2. The highest BCUT2D eigenvalue weighted by Crippen LogP contribution is 2.15. The zero-order valence-corrected chi connectivity index (χ0v) is 11.1. The Morgan fingerprint density at radius 1 is 1.21 bits per heavy atom. The van der Waals surface area contributed by atoms with Crippen molar-refractivity contribution in [1.29, 1.82) is 0 Å². The molecule has 0 fully saturated rings. The van der Waals surface area contributed by atoms with Crippen molar-refractivity contribution in [2.75, 3.05) is 5.75 Å². The zero-order chi connectivity index (χ0) is 14.3. The van der Waals surface area contributed by atoms with Gasteiger partial charge in [0.1, 0.15) is 0 Å². The van der Waals surface area contributed by atoms with Gasteiger partial charge in [-0.25, -0.2) is 0 Å². The van der Waals surface area contributed by atoms with Crippen molar-refractivity contribution >= 4 is 22.5 Å². The lowest BCUT2D eigenvalue weighted by atomic mass is 10.2. The highest BCUT2D eigenvalue weighted by atomic mass is 32.2. The van der Waals surface area contributed by atoms with E-state index in [0.717, 1.165) is 0 Å². The van der Waals surface area contributed by atoms with E-state index in [2.05, 4.69) is 0 Å². The minimum Gasteiger partial charge on any atom is -0.481 e. The molecule has 104 valence electrons. The normalized spacial score (nSPS) is 12.0. The van der Waals surface area contributed by atoms with E-state index in [0.29, 0.717) is 29.9 Å². The lowest BCUT2D eigenvalue weighted by Gasteiger charge is -2.02. The number of rotatable bonds is 8. The van der Waals surface area contributed by atoms with Crippen LogP contribution in [-0.2, 0) is 15.6 Å². The first-order chi connectivity index (χ1) is 9.00. The molecular weight excluding hydrogens is 270 g/mol. The van der Waals surface area contributed by atoms with Crippen LogP contribution in [-0.4, -0.2) is 26.0 Å². The molecule has 1 N–H and O–H groups in total. The number of hydrogen-bond acceptors (Lipinski definition) is 4. The number of carboxylic acids is 1. The van der Waals surface area contributed by atoms with Crippen LogP contribution in [0.3, 0.4) is 0 Å². The van der Waals surface area contributed by atoms with Crippen molar-refractivity contribution in [3.63, 3.8) is 0 Å². The summed E-state index contributed by atoms with van der Waals surface area (Å²) < 4.78 is 11.8. The Morgan fingerprint density at radius 2 is 1.84 bits per heavy atom. The minimum atomic E-state index is -1.19. The molecule has 0 spiro atoms. The van der Waals surface area contributed by atoms with Gasteiger partial charge in [0, 0.05) is 29.2 Å². The number of benzene rings is 1. The summed E-state index contributed by atoms with van der Waals surface area (Å²) in [6.45, 7) is 0. The summed E-state index contributed by atoms with van der Waals surface area (Å²) in [6.07, 6.45) is 2.10. The predicted molar refractivity (Wildman–Crippen MR) is 70.5 cm³/mol. The largest absolute Gasteiger partial charge is 0.481 e. The summed E-state index contributed by atoms with van der Waals surface area (Å²) in [4.78, 5) is 20.8. The summed E-state index contributed by atoms with van der Waals surface area (Å²) in [5.74, 6) is -0.381. The number of hydrogen-bond donors (Lipinski definition) is 1. The van der Waals surface area contributed by atoms with Crippen LogP contribution in [0.1, 0.15) is 25.7 Å². The van der Waals surface area contributed by atoms with E-state index in [1.54, 1.807) is 0 Å². The van der Waals surface area contributed by atoms with Crippen LogP contribution in [0.5, 0.6) is 0 Å².